The molecule has 0 aliphatic heterocycles. The molecule has 9 heteroatoms. The van der Waals surface area contributed by atoms with Crippen molar-refractivity contribution in [3.8, 4) is 5.75 Å². The number of hydrogen-bond donors (Lipinski definition) is 1. The van der Waals surface area contributed by atoms with Crippen molar-refractivity contribution in [1.29, 1.82) is 0 Å². The van der Waals surface area contributed by atoms with E-state index in [1.54, 1.807) is 0 Å². The van der Waals surface area contributed by atoms with Gasteiger partial charge in [0, 0.05) is 11.8 Å². The average Bonchev–Trinajstić information content (AvgIpc) is 2.80. The monoisotopic (exact) mass is 289 g/mol. The molecule has 5 nitrogen and oxygen atoms in total. The van der Waals surface area contributed by atoms with Crippen molar-refractivity contribution in [1.82, 2.24) is 8.75 Å². The summed E-state index contributed by atoms with van der Waals surface area (Å²) in [5.41, 5.74) is 0.256. The highest BCUT2D eigenvalue weighted by molar-refractivity contribution is 6.99. The van der Waals surface area contributed by atoms with E-state index >= 15 is 0 Å². The van der Waals surface area contributed by atoms with Crippen LogP contribution in [-0.4, -0.2) is 21.0 Å². The van der Waals surface area contributed by atoms with Crippen molar-refractivity contribution >= 4 is 23.3 Å². The van der Waals surface area contributed by atoms with Gasteiger partial charge in [-0.25, -0.2) is 0 Å². The zero-order valence-electron chi connectivity index (χ0n) is 9.14. The number of amides is 1. The number of alkyl halides is 3. The van der Waals surface area contributed by atoms with Gasteiger partial charge in [0.1, 0.15) is 5.75 Å². The van der Waals surface area contributed by atoms with Crippen LogP contribution in [0.2, 0.25) is 0 Å². The van der Waals surface area contributed by atoms with Crippen molar-refractivity contribution in [2.45, 2.75) is 6.36 Å². The SMILES string of the molecule is O=C(Nc1cccc(OC(F)(F)F)c1)c1cnsn1. The van der Waals surface area contributed by atoms with Crippen molar-refractivity contribution < 1.29 is 22.7 Å². The minimum Gasteiger partial charge on any atom is -0.406 e. The maximum absolute atomic E-state index is 12.0. The molecular weight excluding hydrogens is 283 g/mol. The first-order valence-corrected chi connectivity index (χ1v) is 5.62. The Kier molecular flexibility index (Phi) is 3.65. The molecule has 0 fully saturated rings. The van der Waals surface area contributed by atoms with Crippen LogP contribution >= 0.6 is 11.7 Å². The largest absolute Gasteiger partial charge is 0.573 e. The predicted octanol–water partition coefficient (Wildman–Crippen LogP) is 2.69. The fraction of sp³-hybridized carbons (Fsp3) is 0.100. The summed E-state index contributed by atoms with van der Waals surface area (Å²) in [6, 6.07) is 4.95. The van der Waals surface area contributed by atoms with E-state index in [4.69, 9.17) is 0 Å². The fourth-order valence-corrected chi connectivity index (χ4v) is 1.64. The number of anilines is 1. The van der Waals surface area contributed by atoms with Crippen LogP contribution in [0.5, 0.6) is 5.75 Å². The maximum Gasteiger partial charge on any atom is 0.573 e. The molecule has 0 aliphatic rings. The van der Waals surface area contributed by atoms with Gasteiger partial charge in [0.25, 0.3) is 5.91 Å². The molecule has 1 heterocycles. The van der Waals surface area contributed by atoms with Crippen molar-refractivity contribution in [2.75, 3.05) is 5.32 Å². The number of aromatic nitrogens is 2. The Morgan fingerprint density at radius 2 is 2.16 bits per heavy atom. The highest BCUT2D eigenvalue weighted by Crippen LogP contribution is 2.25. The van der Waals surface area contributed by atoms with E-state index in [2.05, 4.69) is 18.8 Å². The first-order valence-electron chi connectivity index (χ1n) is 4.89. The Labute approximate surface area is 109 Å². The molecule has 0 radical (unpaired) electrons. The number of rotatable bonds is 3. The summed E-state index contributed by atoms with van der Waals surface area (Å²) in [5.74, 6) is -0.973. The molecule has 19 heavy (non-hydrogen) atoms. The first kappa shape index (κ1) is 13.3. The molecule has 1 aromatic carbocycles. The van der Waals surface area contributed by atoms with Crippen molar-refractivity contribution in [3.63, 3.8) is 0 Å². The molecule has 100 valence electrons. The molecule has 1 amide bonds. The summed E-state index contributed by atoms with van der Waals surface area (Å²) < 4.78 is 47.2. The molecule has 0 bridgehead atoms. The number of nitrogens with one attached hydrogen (secondary N) is 1. The molecule has 0 saturated heterocycles. The van der Waals surface area contributed by atoms with Gasteiger partial charge in [0.2, 0.25) is 0 Å². The fourth-order valence-electron chi connectivity index (χ4n) is 1.23. The van der Waals surface area contributed by atoms with E-state index in [1.807, 2.05) is 0 Å². The second-order valence-electron chi connectivity index (χ2n) is 3.32. The molecule has 0 unspecified atom stereocenters. The third-order valence-electron chi connectivity index (χ3n) is 1.92. The third kappa shape index (κ3) is 3.91. The summed E-state index contributed by atoms with van der Waals surface area (Å²) in [5, 5.41) is 2.39. The quantitative estimate of drug-likeness (QED) is 0.943. The number of benzene rings is 1. The molecule has 2 rings (SSSR count). The third-order valence-corrected chi connectivity index (χ3v) is 2.40. The lowest BCUT2D eigenvalue weighted by molar-refractivity contribution is -0.274. The van der Waals surface area contributed by atoms with E-state index in [0.717, 1.165) is 23.9 Å². The minimum atomic E-state index is -4.78. The van der Waals surface area contributed by atoms with E-state index in [1.165, 1.54) is 18.3 Å². The Bertz CT molecular complexity index is 572. The lowest BCUT2D eigenvalue weighted by atomic mass is 10.3. The van der Waals surface area contributed by atoms with Gasteiger partial charge in [-0.15, -0.1) is 13.2 Å². The number of nitrogens with zero attached hydrogens (tertiary/aromatic N) is 2. The van der Waals surface area contributed by atoms with Gasteiger partial charge in [-0.1, -0.05) is 6.07 Å². The van der Waals surface area contributed by atoms with Crippen LogP contribution in [0.3, 0.4) is 0 Å². The zero-order chi connectivity index (χ0) is 13.9. The Balaban J connectivity index is 2.09. The Morgan fingerprint density at radius 3 is 2.79 bits per heavy atom. The average molecular weight is 289 g/mol. The van der Waals surface area contributed by atoms with Crippen LogP contribution < -0.4 is 10.1 Å². The number of carbonyl (C=O) groups excluding carboxylic acids is 1. The van der Waals surface area contributed by atoms with E-state index in [9.17, 15) is 18.0 Å². The summed E-state index contributed by atoms with van der Waals surface area (Å²) >= 11 is 0.855. The lowest BCUT2D eigenvalue weighted by Gasteiger charge is -2.10. The summed E-state index contributed by atoms with van der Waals surface area (Å²) in [7, 11) is 0. The smallest absolute Gasteiger partial charge is 0.406 e. The van der Waals surface area contributed by atoms with Crippen LogP contribution in [-0.2, 0) is 0 Å². The van der Waals surface area contributed by atoms with Gasteiger partial charge in [-0.3, -0.25) is 4.79 Å². The van der Waals surface area contributed by atoms with Crippen molar-refractivity contribution in [2.24, 2.45) is 0 Å². The van der Waals surface area contributed by atoms with Crippen LogP contribution in [0.4, 0.5) is 18.9 Å². The van der Waals surface area contributed by atoms with Gasteiger partial charge < -0.3 is 10.1 Å². The van der Waals surface area contributed by atoms with E-state index < -0.39 is 18.0 Å². The van der Waals surface area contributed by atoms with Crippen LogP contribution in [0.25, 0.3) is 0 Å². The molecular formula is C10H6F3N3O2S. The van der Waals surface area contributed by atoms with Crippen LogP contribution in [0.1, 0.15) is 10.5 Å². The summed E-state index contributed by atoms with van der Waals surface area (Å²) in [6.45, 7) is 0. The normalized spacial score (nSPS) is 11.1. The standard InChI is InChI=1S/C10H6F3N3O2S/c11-10(12,13)18-7-3-1-2-6(4-7)15-9(17)8-5-14-19-16-8/h1-5H,(H,15,17). The molecule has 1 aromatic heterocycles. The van der Waals surface area contributed by atoms with Gasteiger partial charge in [-0.05, 0) is 12.1 Å². The van der Waals surface area contributed by atoms with Gasteiger partial charge in [-0.2, -0.15) is 8.75 Å². The van der Waals surface area contributed by atoms with E-state index in [0.29, 0.717) is 0 Å². The summed E-state index contributed by atoms with van der Waals surface area (Å²) in [6.07, 6.45) is -3.52. The number of halogens is 3. The Morgan fingerprint density at radius 1 is 1.37 bits per heavy atom. The Hall–Kier alpha value is -2.16. The molecule has 1 N–H and O–H groups in total. The second kappa shape index (κ2) is 5.22. The summed E-state index contributed by atoms with van der Waals surface area (Å²) in [4.78, 5) is 11.6. The first-order chi connectivity index (χ1) is 8.94. The van der Waals surface area contributed by atoms with Gasteiger partial charge in [0.05, 0.1) is 17.9 Å². The second-order valence-corrected chi connectivity index (χ2v) is 3.88. The number of carbonyl (C=O) groups is 1. The molecule has 2 aromatic rings. The van der Waals surface area contributed by atoms with Crippen LogP contribution in [0, 0.1) is 0 Å². The topological polar surface area (TPSA) is 64.1 Å². The predicted molar refractivity (Wildman–Crippen MR) is 61.0 cm³/mol. The minimum absolute atomic E-state index is 0.0899. The van der Waals surface area contributed by atoms with Crippen molar-refractivity contribution in [3.05, 3.63) is 36.2 Å². The van der Waals surface area contributed by atoms with Gasteiger partial charge in [0.15, 0.2) is 5.69 Å². The molecule has 0 atom stereocenters. The van der Waals surface area contributed by atoms with Crippen LogP contribution in [0.15, 0.2) is 30.5 Å². The number of ether oxygens (including phenoxy) is 1. The zero-order valence-corrected chi connectivity index (χ0v) is 9.96. The highest BCUT2D eigenvalue weighted by atomic mass is 32.1. The highest BCUT2D eigenvalue weighted by Gasteiger charge is 2.31. The lowest BCUT2D eigenvalue weighted by Crippen LogP contribution is -2.17. The molecule has 0 aliphatic carbocycles. The number of hydrogen-bond acceptors (Lipinski definition) is 5. The van der Waals surface area contributed by atoms with E-state index in [-0.39, 0.29) is 11.4 Å². The molecule has 0 spiro atoms. The van der Waals surface area contributed by atoms with Gasteiger partial charge >= 0.3 is 6.36 Å². The maximum atomic E-state index is 12.0. The molecule has 0 saturated carbocycles.